The fraction of sp³-hybridized carbons (Fsp3) is 0.625. The van der Waals surface area contributed by atoms with E-state index >= 15 is 0 Å². The number of piperidine rings is 1. The molecule has 0 N–H and O–H groups in total. The maximum Gasteiger partial charge on any atom is 0.0596 e. The zero-order chi connectivity index (χ0) is 13.5. The highest BCUT2D eigenvalue weighted by Crippen LogP contribution is 2.14. The van der Waals surface area contributed by atoms with Gasteiger partial charge in [-0.25, -0.2) is 10.0 Å². The Morgan fingerprint density at radius 2 is 1.89 bits per heavy atom. The maximum atomic E-state index is 5.41. The smallest absolute Gasteiger partial charge is 0.0596 e. The molecule has 0 bridgehead atoms. The molecule has 1 fully saturated rings. The van der Waals surface area contributed by atoms with Gasteiger partial charge in [0.15, 0.2) is 0 Å². The minimum Gasteiger partial charge on any atom is -0.381 e. The van der Waals surface area contributed by atoms with E-state index in [4.69, 9.17) is 4.74 Å². The summed E-state index contributed by atoms with van der Waals surface area (Å²) >= 11 is 0. The van der Waals surface area contributed by atoms with E-state index in [9.17, 15) is 0 Å². The van der Waals surface area contributed by atoms with Gasteiger partial charge in [0.1, 0.15) is 0 Å². The molecule has 19 heavy (non-hydrogen) atoms. The molecule has 0 aromatic heterocycles. The third-order valence-corrected chi connectivity index (χ3v) is 4.02. The van der Waals surface area contributed by atoms with Crippen LogP contribution in [0.2, 0.25) is 0 Å². The molecule has 3 heteroatoms. The van der Waals surface area contributed by atoms with Crippen LogP contribution in [0.25, 0.3) is 0 Å². The van der Waals surface area contributed by atoms with E-state index in [-0.39, 0.29) is 0 Å². The summed E-state index contributed by atoms with van der Waals surface area (Å²) in [7, 11) is 4.03. The van der Waals surface area contributed by atoms with E-state index in [2.05, 4.69) is 47.4 Å². The number of hydrogen-bond donors (Lipinski definition) is 0. The van der Waals surface area contributed by atoms with Crippen molar-refractivity contribution in [3.05, 3.63) is 35.9 Å². The lowest BCUT2D eigenvalue weighted by Gasteiger charge is -2.37. The van der Waals surface area contributed by atoms with Gasteiger partial charge in [-0.1, -0.05) is 30.3 Å². The molecular formula is C16H26N2O. The average Bonchev–Trinajstić information content (AvgIpc) is 2.48. The molecule has 1 saturated heterocycles. The first kappa shape index (κ1) is 14.5. The quantitative estimate of drug-likeness (QED) is 0.783. The monoisotopic (exact) mass is 262 g/mol. The normalized spacial score (nSPS) is 18.1. The molecule has 0 atom stereocenters. The lowest BCUT2D eigenvalue weighted by Crippen LogP contribution is -2.46. The number of methoxy groups -OCH3 is 1. The lowest BCUT2D eigenvalue weighted by molar-refractivity contribution is -0.0561. The van der Waals surface area contributed by atoms with Crippen molar-refractivity contribution in [2.24, 2.45) is 0 Å². The number of benzene rings is 1. The molecule has 1 aromatic carbocycles. The van der Waals surface area contributed by atoms with Gasteiger partial charge >= 0.3 is 0 Å². The Bertz CT molecular complexity index is 347. The van der Waals surface area contributed by atoms with Crippen LogP contribution in [0.3, 0.4) is 0 Å². The van der Waals surface area contributed by atoms with Crippen LogP contribution < -0.4 is 0 Å². The van der Waals surface area contributed by atoms with Crippen LogP contribution in [0, 0.1) is 0 Å². The van der Waals surface area contributed by atoms with Crippen molar-refractivity contribution in [1.82, 2.24) is 10.0 Å². The van der Waals surface area contributed by atoms with Crippen molar-refractivity contribution < 1.29 is 4.74 Å². The van der Waals surface area contributed by atoms with Gasteiger partial charge < -0.3 is 4.74 Å². The Morgan fingerprint density at radius 1 is 1.21 bits per heavy atom. The van der Waals surface area contributed by atoms with E-state index < -0.39 is 0 Å². The highest BCUT2D eigenvalue weighted by atomic mass is 16.5. The molecule has 0 amide bonds. The van der Waals surface area contributed by atoms with Crippen LogP contribution in [-0.2, 0) is 11.2 Å². The van der Waals surface area contributed by atoms with Crippen LogP contribution in [-0.4, -0.2) is 49.9 Å². The Labute approximate surface area is 117 Å². The molecule has 0 saturated carbocycles. The summed E-state index contributed by atoms with van der Waals surface area (Å²) in [6, 6.07) is 10.7. The third-order valence-electron chi connectivity index (χ3n) is 4.02. The van der Waals surface area contributed by atoms with E-state index in [1.54, 1.807) is 0 Å². The van der Waals surface area contributed by atoms with Gasteiger partial charge in [0.05, 0.1) is 6.10 Å². The molecule has 1 aliphatic rings. The minimum atomic E-state index is 0.467. The molecule has 2 rings (SSSR count). The molecule has 1 aliphatic heterocycles. The fourth-order valence-corrected chi connectivity index (χ4v) is 2.72. The van der Waals surface area contributed by atoms with E-state index in [1.165, 1.54) is 18.4 Å². The fourth-order valence-electron chi connectivity index (χ4n) is 2.72. The summed E-state index contributed by atoms with van der Waals surface area (Å²) in [5.74, 6) is 0. The Kier molecular flexibility index (Phi) is 5.83. The van der Waals surface area contributed by atoms with Gasteiger partial charge in [-0.3, -0.25) is 0 Å². The number of rotatable bonds is 6. The SMILES string of the molecule is COC1CCN(N(C)CCCc2ccccc2)CC1. The van der Waals surface area contributed by atoms with E-state index in [0.29, 0.717) is 6.10 Å². The zero-order valence-electron chi connectivity index (χ0n) is 12.2. The molecule has 0 spiro atoms. The van der Waals surface area contributed by atoms with Crippen molar-refractivity contribution >= 4 is 0 Å². The Morgan fingerprint density at radius 3 is 2.53 bits per heavy atom. The van der Waals surface area contributed by atoms with Crippen molar-refractivity contribution in [1.29, 1.82) is 0 Å². The first-order valence-corrected chi connectivity index (χ1v) is 7.32. The molecule has 1 heterocycles. The maximum absolute atomic E-state index is 5.41. The molecule has 0 radical (unpaired) electrons. The molecule has 1 aromatic rings. The third kappa shape index (κ3) is 4.60. The molecule has 0 aliphatic carbocycles. The van der Waals surface area contributed by atoms with Gasteiger partial charge in [-0.15, -0.1) is 0 Å². The van der Waals surface area contributed by atoms with E-state index in [1.807, 2.05) is 7.11 Å². The van der Waals surface area contributed by atoms with Gasteiger partial charge in [-0.05, 0) is 31.2 Å². The molecule has 0 unspecified atom stereocenters. The number of hydrazine groups is 1. The summed E-state index contributed by atoms with van der Waals surface area (Å²) in [5.41, 5.74) is 1.44. The number of ether oxygens (including phenoxy) is 1. The highest BCUT2D eigenvalue weighted by Gasteiger charge is 2.20. The van der Waals surface area contributed by atoms with Crippen LogP contribution in [0.5, 0.6) is 0 Å². The van der Waals surface area contributed by atoms with Gasteiger partial charge in [0.25, 0.3) is 0 Å². The standard InChI is InChI=1S/C16H26N2O/c1-17(18-13-10-16(19-2)11-14-18)12-6-9-15-7-4-3-5-8-15/h3-5,7-8,16H,6,9-14H2,1-2H3. The van der Waals surface area contributed by atoms with Crippen molar-refractivity contribution in [2.75, 3.05) is 33.8 Å². The first-order valence-electron chi connectivity index (χ1n) is 7.32. The zero-order valence-corrected chi connectivity index (χ0v) is 12.2. The molecule has 106 valence electrons. The summed E-state index contributed by atoms with van der Waals surface area (Å²) in [6.07, 6.45) is 5.15. The minimum absolute atomic E-state index is 0.467. The second kappa shape index (κ2) is 7.63. The number of hydrogen-bond acceptors (Lipinski definition) is 3. The second-order valence-corrected chi connectivity index (χ2v) is 5.36. The summed E-state index contributed by atoms with van der Waals surface area (Å²) in [6.45, 7) is 3.38. The second-order valence-electron chi connectivity index (χ2n) is 5.36. The first-order chi connectivity index (χ1) is 9.29. The Balaban J connectivity index is 1.66. The average molecular weight is 262 g/mol. The van der Waals surface area contributed by atoms with Gasteiger partial charge in [-0.2, -0.15) is 0 Å². The molecule has 3 nitrogen and oxygen atoms in total. The predicted octanol–water partition coefficient (Wildman–Crippen LogP) is 2.58. The van der Waals surface area contributed by atoms with E-state index in [0.717, 1.165) is 32.5 Å². The summed E-state index contributed by atoms with van der Waals surface area (Å²) in [5, 5.41) is 4.84. The predicted molar refractivity (Wildman–Crippen MR) is 79.0 cm³/mol. The van der Waals surface area contributed by atoms with Crippen molar-refractivity contribution in [3.63, 3.8) is 0 Å². The highest BCUT2D eigenvalue weighted by molar-refractivity contribution is 5.14. The van der Waals surface area contributed by atoms with Crippen LogP contribution in [0.1, 0.15) is 24.8 Å². The Hall–Kier alpha value is -0.900. The van der Waals surface area contributed by atoms with Crippen molar-refractivity contribution in [2.45, 2.75) is 31.8 Å². The van der Waals surface area contributed by atoms with Gasteiger partial charge in [0.2, 0.25) is 0 Å². The summed E-state index contributed by atoms with van der Waals surface area (Å²) < 4.78 is 5.41. The largest absolute Gasteiger partial charge is 0.381 e. The van der Waals surface area contributed by atoms with Crippen LogP contribution in [0.4, 0.5) is 0 Å². The summed E-state index contributed by atoms with van der Waals surface area (Å²) in [4.78, 5) is 0. The number of nitrogens with zero attached hydrogens (tertiary/aromatic N) is 2. The van der Waals surface area contributed by atoms with Crippen molar-refractivity contribution in [3.8, 4) is 0 Å². The van der Waals surface area contributed by atoms with Crippen LogP contribution >= 0.6 is 0 Å². The number of aryl methyl sites for hydroxylation is 1. The van der Waals surface area contributed by atoms with Crippen LogP contribution in [0.15, 0.2) is 30.3 Å². The molecular weight excluding hydrogens is 236 g/mol. The topological polar surface area (TPSA) is 15.7 Å². The van der Waals surface area contributed by atoms with Gasteiger partial charge in [0, 0.05) is 33.8 Å². The lowest BCUT2D eigenvalue weighted by atomic mass is 10.1.